The summed E-state index contributed by atoms with van der Waals surface area (Å²) in [5, 5.41) is 4.34. The molecular weight excluding hydrogens is 380 g/mol. The molecule has 0 bridgehead atoms. The van der Waals surface area contributed by atoms with Crippen LogP contribution in [0.1, 0.15) is 32.5 Å². The predicted octanol–water partition coefficient (Wildman–Crippen LogP) is 4.57. The number of carbonyl (C=O) groups excluding carboxylic acids is 1. The molecule has 1 aromatic heterocycles. The first kappa shape index (κ1) is 18.4. The van der Waals surface area contributed by atoms with Gasteiger partial charge in [-0.05, 0) is 58.0 Å². The minimum absolute atomic E-state index is 0.177. The normalized spacial score (nSPS) is 19.6. The second kappa shape index (κ2) is 8.83. The van der Waals surface area contributed by atoms with E-state index in [9.17, 15) is 4.79 Å². The molecule has 26 heavy (non-hydrogen) atoms. The Balaban J connectivity index is 1.31. The fourth-order valence-corrected chi connectivity index (χ4v) is 6.95. The Morgan fingerprint density at radius 2 is 1.73 bits per heavy atom. The van der Waals surface area contributed by atoms with Gasteiger partial charge in [-0.3, -0.25) is 9.69 Å². The number of hydrogen-bond donors (Lipinski definition) is 0. The minimum Gasteiger partial charge on any atom is -0.336 e. The van der Waals surface area contributed by atoms with Gasteiger partial charge < -0.3 is 4.90 Å². The van der Waals surface area contributed by atoms with Crippen LogP contribution < -0.4 is 0 Å². The second-order valence-corrected chi connectivity index (χ2v) is 10.3. The number of carbonyl (C=O) groups is 1. The number of nitrogens with zero attached hydrogens (tertiary/aromatic N) is 2. The number of thiophene rings is 1. The van der Waals surface area contributed by atoms with Crippen molar-refractivity contribution >= 4 is 40.8 Å². The molecule has 0 N–H and O–H groups in total. The standard InChI is InChI=1S/C20H24N2OS3/c23-19(17-2-4-18(5-3-17)20-25-11-1-12-26-20)22-9-7-21(8-10-22)14-16-6-13-24-15-16/h2-6,13,15,20H,1,7-12,14H2. The van der Waals surface area contributed by atoms with E-state index in [2.05, 4.69) is 33.9 Å². The molecule has 3 heterocycles. The van der Waals surface area contributed by atoms with Crippen LogP contribution in [-0.2, 0) is 6.54 Å². The summed E-state index contributed by atoms with van der Waals surface area (Å²) >= 11 is 5.79. The zero-order valence-corrected chi connectivity index (χ0v) is 17.3. The molecule has 6 heteroatoms. The fraction of sp³-hybridized carbons (Fsp3) is 0.450. The Morgan fingerprint density at radius 1 is 1.00 bits per heavy atom. The van der Waals surface area contributed by atoms with Crippen LogP contribution in [-0.4, -0.2) is 53.4 Å². The fourth-order valence-electron chi connectivity index (χ4n) is 3.40. The average molecular weight is 405 g/mol. The topological polar surface area (TPSA) is 23.6 Å². The SMILES string of the molecule is O=C(c1ccc(C2SCCCS2)cc1)N1CCN(Cc2ccsc2)CC1. The highest BCUT2D eigenvalue weighted by atomic mass is 32.2. The van der Waals surface area contributed by atoms with Gasteiger partial charge in [0.15, 0.2) is 0 Å². The van der Waals surface area contributed by atoms with E-state index < -0.39 is 0 Å². The summed E-state index contributed by atoms with van der Waals surface area (Å²) in [5.74, 6) is 2.66. The van der Waals surface area contributed by atoms with Gasteiger partial charge in [-0.15, -0.1) is 23.5 Å². The van der Waals surface area contributed by atoms with Crippen LogP contribution in [0.5, 0.6) is 0 Å². The summed E-state index contributed by atoms with van der Waals surface area (Å²) < 4.78 is 0.536. The van der Waals surface area contributed by atoms with E-state index in [1.54, 1.807) is 11.3 Å². The van der Waals surface area contributed by atoms with Crippen molar-refractivity contribution < 1.29 is 4.79 Å². The molecule has 0 unspecified atom stereocenters. The van der Waals surface area contributed by atoms with Crippen LogP contribution in [0.15, 0.2) is 41.1 Å². The van der Waals surface area contributed by atoms with E-state index in [0.717, 1.165) is 38.3 Å². The first-order chi connectivity index (χ1) is 12.8. The van der Waals surface area contributed by atoms with Gasteiger partial charge in [-0.1, -0.05) is 12.1 Å². The predicted molar refractivity (Wildman–Crippen MR) is 114 cm³/mol. The Labute approximate surface area is 168 Å². The van der Waals surface area contributed by atoms with Crippen molar-refractivity contribution in [2.75, 3.05) is 37.7 Å². The van der Waals surface area contributed by atoms with Crippen molar-refractivity contribution in [2.45, 2.75) is 17.5 Å². The van der Waals surface area contributed by atoms with Crippen molar-refractivity contribution in [3.8, 4) is 0 Å². The molecule has 1 aromatic carbocycles. The molecule has 0 radical (unpaired) electrons. The summed E-state index contributed by atoms with van der Waals surface area (Å²) in [5.41, 5.74) is 3.55. The van der Waals surface area contributed by atoms with E-state index in [-0.39, 0.29) is 5.91 Å². The lowest BCUT2D eigenvalue weighted by molar-refractivity contribution is 0.0628. The molecule has 0 atom stereocenters. The van der Waals surface area contributed by atoms with Crippen molar-refractivity contribution in [3.63, 3.8) is 0 Å². The number of rotatable bonds is 4. The van der Waals surface area contributed by atoms with Crippen molar-refractivity contribution in [1.29, 1.82) is 0 Å². The molecule has 4 rings (SSSR count). The third-order valence-electron chi connectivity index (χ3n) is 4.90. The van der Waals surface area contributed by atoms with Gasteiger partial charge in [0.2, 0.25) is 0 Å². The Bertz CT molecular complexity index is 703. The minimum atomic E-state index is 0.177. The first-order valence-corrected chi connectivity index (χ1v) is 12.2. The van der Waals surface area contributed by atoms with E-state index in [0.29, 0.717) is 4.58 Å². The van der Waals surface area contributed by atoms with Gasteiger partial charge in [0.25, 0.3) is 5.91 Å². The van der Waals surface area contributed by atoms with Crippen LogP contribution in [0.3, 0.4) is 0 Å². The van der Waals surface area contributed by atoms with Crippen LogP contribution in [0.4, 0.5) is 0 Å². The van der Waals surface area contributed by atoms with Crippen LogP contribution in [0.2, 0.25) is 0 Å². The van der Waals surface area contributed by atoms with Crippen LogP contribution in [0, 0.1) is 0 Å². The summed E-state index contributed by atoms with van der Waals surface area (Å²) in [6.45, 7) is 4.54. The summed E-state index contributed by atoms with van der Waals surface area (Å²) in [6.07, 6.45) is 1.31. The molecule has 0 aliphatic carbocycles. The molecule has 2 aliphatic rings. The highest BCUT2D eigenvalue weighted by Crippen LogP contribution is 2.43. The van der Waals surface area contributed by atoms with E-state index in [1.165, 1.54) is 29.1 Å². The van der Waals surface area contributed by atoms with Gasteiger partial charge in [0.1, 0.15) is 0 Å². The molecule has 2 saturated heterocycles. The molecule has 0 saturated carbocycles. The van der Waals surface area contributed by atoms with Crippen molar-refractivity contribution in [1.82, 2.24) is 9.80 Å². The van der Waals surface area contributed by atoms with E-state index in [4.69, 9.17) is 0 Å². The maximum Gasteiger partial charge on any atom is 0.253 e. The third kappa shape index (κ3) is 4.47. The van der Waals surface area contributed by atoms with E-state index in [1.807, 2.05) is 40.6 Å². The second-order valence-electron chi connectivity index (χ2n) is 6.75. The zero-order valence-electron chi connectivity index (χ0n) is 14.8. The third-order valence-corrected chi connectivity index (χ3v) is 8.65. The largest absolute Gasteiger partial charge is 0.336 e. The molecule has 0 spiro atoms. The van der Waals surface area contributed by atoms with Gasteiger partial charge in [0.05, 0.1) is 4.58 Å². The number of hydrogen-bond acceptors (Lipinski definition) is 5. The van der Waals surface area contributed by atoms with Crippen molar-refractivity contribution in [2.24, 2.45) is 0 Å². The van der Waals surface area contributed by atoms with E-state index >= 15 is 0 Å². The maximum absolute atomic E-state index is 12.8. The Hall–Kier alpha value is -0.950. The number of amides is 1. The monoisotopic (exact) mass is 404 g/mol. The van der Waals surface area contributed by atoms with Crippen LogP contribution >= 0.6 is 34.9 Å². The van der Waals surface area contributed by atoms with Gasteiger partial charge in [0, 0.05) is 38.3 Å². The lowest BCUT2D eigenvalue weighted by atomic mass is 10.1. The molecule has 2 aromatic rings. The van der Waals surface area contributed by atoms with Crippen molar-refractivity contribution in [3.05, 3.63) is 57.8 Å². The Morgan fingerprint density at radius 3 is 2.38 bits per heavy atom. The van der Waals surface area contributed by atoms with Crippen LogP contribution in [0.25, 0.3) is 0 Å². The average Bonchev–Trinajstić information content (AvgIpc) is 3.22. The zero-order chi connectivity index (χ0) is 17.8. The number of piperazine rings is 1. The van der Waals surface area contributed by atoms with Gasteiger partial charge >= 0.3 is 0 Å². The smallest absolute Gasteiger partial charge is 0.253 e. The Kier molecular flexibility index (Phi) is 6.25. The lowest BCUT2D eigenvalue weighted by Gasteiger charge is -2.34. The summed E-state index contributed by atoms with van der Waals surface area (Å²) in [7, 11) is 0. The highest BCUT2D eigenvalue weighted by Gasteiger charge is 2.23. The summed E-state index contributed by atoms with van der Waals surface area (Å²) in [6, 6.07) is 10.5. The molecule has 2 fully saturated rings. The molecular formula is C20H24N2OS3. The van der Waals surface area contributed by atoms with Gasteiger partial charge in [-0.2, -0.15) is 11.3 Å². The maximum atomic E-state index is 12.8. The number of benzene rings is 1. The molecule has 138 valence electrons. The number of thioether (sulfide) groups is 2. The lowest BCUT2D eigenvalue weighted by Crippen LogP contribution is -2.48. The molecule has 1 amide bonds. The molecule has 3 nitrogen and oxygen atoms in total. The van der Waals surface area contributed by atoms with Gasteiger partial charge in [-0.25, -0.2) is 0 Å². The highest BCUT2D eigenvalue weighted by molar-refractivity contribution is 8.16. The first-order valence-electron chi connectivity index (χ1n) is 9.15. The molecule has 2 aliphatic heterocycles. The quantitative estimate of drug-likeness (QED) is 0.744. The summed E-state index contributed by atoms with van der Waals surface area (Å²) in [4.78, 5) is 17.2.